The van der Waals surface area contributed by atoms with E-state index in [0.29, 0.717) is 11.8 Å². The van der Waals surface area contributed by atoms with Crippen molar-refractivity contribution in [1.82, 2.24) is 4.98 Å². The Labute approximate surface area is 240 Å². The van der Waals surface area contributed by atoms with Crippen LogP contribution in [0.15, 0.2) is 151 Å². The van der Waals surface area contributed by atoms with E-state index in [2.05, 4.69) is 145 Å². The van der Waals surface area contributed by atoms with Gasteiger partial charge in [-0.05, 0) is 73.6 Å². The number of pyridine rings is 1. The maximum atomic E-state index is 4.68. The lowest BCUT2D eigenvalue weighted by Crippen LogP contribution is -2.12. The summed E-state index contributed by atoms with van der Waals surface area (Å²) in [4.78, 5) is 4.68. The molecular formula is C40H29N. The summed E-state index contributed by atoms with van der Waals surface area (Å²) in [6.45, 7) is 2.19. The van der Waals surface area contributed by atoms with E-state index in [9.17, 15) is 0 Å². The highest BCUT2D eigenvalue weighted by molar-refractivity contribution is 6.22. The number of rotatable bonds is 3. The van der Waals surface area contributed by atoms with Crippen LogP contribution in [0.1, 0.15) is 12.5 Å². The molecule has 41 heavy (non-hydrogen) atoms. The van der Waals surface area contributed by atoms with Crippen molar-refractivity contribution in [2.24, 2.45) is 11.8 Å². The van der Waals surface area contributed by atoms with E-state index in [1.54, 1.807) is 0 Å². The second-order valence-corrected chi connectivity index (χ2v) is 11.2. The molecule has 0 saturated heterocycles. The van der Waals surface area contributed by atoms with E-state index < -0.39 is 0 Å². The first-order valence-electron chi connectivity index (χ1n) is 14.4. The fourth-order valence-corrected chi connectivity index (χ4v) is 6.86. The molecule has 0 aliphatic heterocycles. The number of hydrogen-bond acceptors (Lipinski definition) is 1. The molecule has 2 aliphatic rings. The average molecular weight is 524 g/mol. The van der Waals surface area contributed by atoms with Crippen molar-refractivity contribution in [3.63, 3.8) is 0 Å². The smallest absolute Gasteiger partial charge is 0.0708 e. The third-order valence-electron chi connectivity index (χ3n) is 8.70. The van der Waals surface area contributed by atoms with Crippen LogP contribution in [-0.4, -0.2) is 4.98 Å². The van der Waals surface area contributed by atoms with Gasteiger partial charge in [0.1, 0.15) is 0 Å². The average Bonchev–Trinajstić information content (AvgIpc) is 3.03. The Hall–Kier alpha value is -5.01. The second kappa shape index (κ2) is 9.57. The van der Waals surface area contributed by atoms with Crippen molar-refractivity contribution in [1.29, 1.82) is 0 Å². The first kappa shape index (κ1) is 23.8. The van der Waals surface area contributed by atoms with Crippen LogP contribution in [0.3, 0.4) is 0 Å². The normalized spacial score (nSPS) is 18.0. The molecule has 5 aromatic carbocycles. The fourth-order valence-electron chi connectivity index (χ4n) is 6.86. The number of nitrogens with zero attached hydrogens (tertiary/aromatic N) is 1. The summed E-state index contributed by atoms with van der Waals surface area (Å²) in [5.74, 6) is 0.823. The SMILES string of the molecule is CC1=CC2C=CC(c3c4ccccc4c(-c4cccc5c(-c6ccccn6)cccc45)c4ccccc34)=CC2C=C1. The number of hydrogen-bond donors (Lipinski definition) is 0. The Morgan fingerprint density at radius 1 is 0.488 bits per heavy atom. The van der Waals surface area contributed by atoms with Gasteiger partial charge < -0.3 is 0 Å². The lowest BCUT2D eigenvalue weighted by Gasteiger charge is -2.26. The molecule has 2 aliphatic carbocycles. The molecule has 0 fully saturated rings. The molecule has 0 N–H and O–H groups in total. The molecule has 0 bridgehead atoms. The molecule has 2 unspecified atom stereocenters. The lowest BCUT2D eigenvalue weighted by molar-refractivity contribution is 0.657. The van der Waals surface area contributed by atoms with Gasteiger partial charge in [0.15, 0.2) is 0 Å². The van der Waals surface area contributed by atoms with E-state index in [1.165, 1.54) is 60.2 Å². The summed E-state index contributed by atoms with van der Waals surface area (Å²) in [5, 5.41) is 7.61. The highest BCUT2D eigenvalue weighted by Crippen LogP contribution is 2.46. The van der Waals surface area contributed by atoms with E-state index in [1.807, 2.05) is 12.3 Å². The third-order valence-corrected chi connectivity index (χ3v) is 8.70. The molecule has 1 heterocycles. The molecular weight excluding hydrogens is 494 g/mol. The molecule has 2 atom stereocenters. The van der Waals surface area contributed by atoms with Gasteiger partial charge in [-0.15, -0.1) is 0 Å². The van der Waals surface area contributed by atoms with Gasteiger partial charge in [0, 0.05) is 23.6 Å². The van der Waals surface area contributed by atoms with Crippen LogP contribution in [0.2, 0.25) is 0 Å². The summed E-state index contributed by atoms with van der Waals surface area (Å²) in [6, 6.07) is 37.3. The van der Waals surface area contributed by atoms with E-state index in [4.69, 9.17) is 0 Å². The minimum Gasteiger partial charge on any atom is -0.256 e. The molecule has 194 valence electrons. The van der Waals surface area contributed by atoms with E-state index in [0.717, 1.165) is 11.3 Å². The van der Waals surface area contributed by atoms with Crippen molar-refractivity contribution >= 4 is 37.9 Å². The maximum Gasteiger partial charge on any atom is 0.0708 e. The molecule has 1 aromatic heterocycles. The summed E-state index contributed by atoms with van der Waals surface area (Å²) < 4.78 is 0. The number of allylic oxidation sites excluding steroid dienone is 8. The van der Waals surface area contributed by atoms with Crippen LogP contribution >= 0.6 is 0 Å². The zero-order valence-electron chi connectivity index (χ0n) is 23.0. The minimum absolute atomic E-state index is 0.388. The topological polar surface area (TPSA) is 12.9 Å². The van der Waals surface area contributed by atoms with Crippen LogP contribution in [-0.2, 0) is 0 Å². The van der Waals surface area contributed by atoms with Crippen molar-refractivity contribution in [2.45, 2.75) is 6.92 Å². The van der Waals surface area contributed by atoms with Gasteiger partial charge in [-0.25, -0.2) is 0 Å². The van der Waals surface area contributed by atoms with E-state index in [-0.39, 0.29) is 0 Å². The van der Waals surface area contributed by atoms with Gasteiger partial charge in [0.2, 0.25) is 0 Å². The lowest BCUT2D eigenvalue weighted by atomic mass is 9.78. The third kappa shape index (κ3) is 3.89. The molecule has 6 aromatic rings. The standard InChI is InChI=1S/C40H29N/c1-26-19-20-28-25-29(22-21-27(28)24-26)39-34-10-2-4-12-36(34)40(37-13-5-3-11-35(37)39)33-17-9-14-30-31(33)15-8-16-32(30)38-18-6-7-23-41-38/h2-25,27-28H,1H3. The summed E-state index contributed by atoms with van der Waals surface area (Å²) >= 11 is 0. The quantitative estimate of drug-likeness (QED) is 0.210. The zero-order valence-corrected chi connectivity index (χ0v) is 23.0. The summed E-state index contributed by atoms with van der Waals surface area (Å²) in [7, 11) is 0. The second-order valence-electron chi connectivity index (χ2n) is 11.2. The molecule has 8 rings (SSSR count). The Bertz CT molecular complexity index is 2050. The molecule has 0 amide bonds. The van der Waals surface area contributed by atoms with Crippen molar-refractivity contribution in [2.75, 3.05) is 0 Å². The van der Waals surface area contributed by atoms with Crippen molar-refractivity contribution in [3.8, 4) is 22.4 Å². The van der Waals surface area contributed by atoms with Crippen LogP contribution in [0.4, 0.5) is 0 Å². The Morgan fingerprint density at radius 2 is 1.05 bits per heavy atom. The van der Waals surface area contributed by atoms with Crippen molar-refractivity contribution < 1.29 is 0 Å². The maximum absolute atomic E-state index is 4.68. The monoisotopic (exact) mass is 523 g/mol. The Balaban J connectivity index is 1.42. The van der Waals surface area contributed by atoms with Crippen LogP contribution in [0.5, 0.6) is 0 Å². The summed E-state index contributed by atoms with van der Waals surface area (Å²) in [6.07, 6.45) is 16.1. The molecule has 1 heteroatoms. The van der Waals surface area contributed by atoms with E-state index >= 15 is 0 Å². The largest absolute Gasteiger partial charge is 0.256 e. The van der Waals surface area contributed by atoms with Gasteiger partial charge in [-0.1, -0.05) is 133 Å². The van der Waals surface area contributed by atoms with Crippen LogP contribution in [0, 0.1) is 11.8 Å². The highest BCUT2D eigenvalue weighted by atomic mass is 14.7. The molecule has 1 nitrogen and oxygen atoms in total. The summed E-state index contributed by atoms with van der Waals surface area (Å²) in [5.41, 5.74) is 8.67. The predicted molar refractivity (Wildman–Crippen MR) is 175 cm³/mol. The molecule has 0 radical (unpaired) electrons. The van der Waals surface area contributed by atoms with Crippen LogP contribution in [0.25, 0.3) is 60.3 Å². The number of fused-ring (bicyclic) bond motifs is 4. The highest BCUT2D eigenvalue weighted by Gasteiger charge is 2.23. The van der Waals surface area contributed by atoms with Gasteiger partial charge >= 0.3 is 0 Å². The van der Waals surface area contributed by atoms with Crippen molar-refractivity contribution in [3.05, 3.63) is 157 Å². The Morgan fingerprint density at radius 3 is 1.73 bits per heavy atom. The molecule has 0 saturated carbocycles. The number of aromatic nitrogens is 1. The van der Waals surface area contributed by atoms with Gasteiger partial charge in [0.25, 0.3) is 0 Å². The van der Waals surface area contributed by atoms with Gasteiger partial charge in [-0.3, -0.25) is 4.98 Å². The first-order valence-corrected chi connectivity index (χ1v) is 14.4. The minimum atomic E-state index is 0.388. The fraction of sp³-hybridized carbons (Fsp3) is 0.0750. The van der Waals surface area contributed by atoms with Crippen LogP contribution < -0.4 is 0 Å². The zero-order chi connectivity index (χ0) is 27.3. The Kier molecular flexibility index (Phi) is 5.57. The first-order chi connectivity index (χ1) is 20.3. The van der Waals surface area contributed by atoms with Gasteiger partial charge in [0.05, 0.1) is 5.69 Å². The molecule has 0 spiro atoms. The van der Waals surface area contributed by atoms with Gasteiger partial charge in [-0.2, -0.15) is 0 Å². The number of benzene rings is 5. The predicted octanol–water partition coefficient (Wildman–Crippen LogP) is 10.6.